The van der Waals surface area contributed by atoms with E-state index in [1.807, 2.05) is 20.8 Å². The smallest absolute Gasteiger partial charge is 0.280 e. The van der Waals surface area contributed by atoms with Gasteiger partial charge in [-0.05, 0) is 170 Å². The fourth-order valence-electron chi connectivity index (χ4n) is 15.7. The quantitative estimate of drug-likeness (QED) is 0.0136. The molecule has 6 aliphatic heterocycles. The zero-order chi connectivity index (χ0) is 97.4. The standard InChI is InChI=1S/C19H34N5O4P.C17H26ClN4O3P.C17H28N5O4P.C16H26N5O4P.C16H25N4O4P/c1-6-7-9-20-19-22-16-13(17(23-19)27-2)21-11-24(16)18-15(26)14(25)12(28-18)8-10-29(3,4)5;1-6-24-16-13-15(20-10(2)21-16)22(9-19-13)17-12(18)14(23)11(25-17)7-8-26(3,4)5;1-5-7-18-17-20-14-11(15(25)21-17)19-9-22(14)16-13(24)12(23)10(26-16)6-8-27(2,3)4;1-5-17-16-19-13-10(14(24)20-16)18-8-21(13)15-12(23)11(22)9(25-15)6-7-26(2,3)4;1-9-18-14-11(15(19-9)23-2)17-8-20(14)16-13(22)12(21)10(24-16)6-7-25(3,4)5/h11-12,14-15,17-18,25-26H,3,6-10H2,1-2,4-5H3,(H2,20,22,23);9,11-12,14,17,23H,3,6-8H2,1-2,4-5H3;9-10,12-13,16,23-24H,2,5-8H2,1,3-4H3,(H2,18,20,21,25);8-9,11-12,15,22-23H,2,5-7H2,1,3-4H3,(H2,17,19,20,24);8,10,12-13,16,21-22H,3,6-7H2,1-2,4-5H3/t12-,14-,15-,17?,18-;11-,12-,14-,17-;10-,12-,13-,16-;9-,11-,12-,15-;10-,12-,13-,16-/m11111/s1. The van der Waals surface area contributed by atoms with Crippen LogP contribution in [-0.4, -0.2) is 400 Å². The van der Waals surface area contributed by atoms with Crippen molar-refractivity contribution in [1.82, 2.24) is 92.9 Å². The van der Waals surface area contributed by atoms with Crippen molar-refractivity contribution in [3.05, 3.63) is 69.7 Å². The molecule has 0 spiro atoms. The number of nitrogens with zero attached hydrogens (tertiary/aromatic N) is 17. The van der Waals surface area contributed by atoms with Crippen LogP contribution in [-0.2, 0) is 28.4 Å². The molecule has 1 unspecified atom stereocenters. The van der Waals surface area contributed by atoms with Gasteiger partial charge in [-0.2, -0.15) is 19.9 Å². The molecule has 5 saturated heterocycles. The molecular formula is C85H139ClN23O19P5. The Morgan fingerprint density at radius 1 is 0.459 bits per heavy atom. The first-order valence-electron chi connectivity index (χ1n) is 44.7. The molecule has 0 aliphatic carbocycles. The molecule has 15 heterocycles. The van der Waals surface area contributed by atoms with Gasteiger partial charge in [-0.25, -0.2) is 34.9 Å². The van der Waals surface area contributed by atoms with Crippen LogP contribution in [0, 0.1) is 13.8 Å². The molecule has 9 aromatic heterocycles. The summed E-state index contributed by atoms with van der Waals surface area (Å²) in [6.07, 6.45) is 23.6. The van der Waals surface area contributed by atoms with E-state index in [-0.39, 0.29) is 28.3 Å². The van der Waals surface area contributed by atoms with Crippen molar-refractivity contribution >= 4 is 146 Å². The fourth-order valence-corrected chi connectivity index (χ4v) is 20.8. The summed E-state index contributed by atoms with van der Waals surface area (Å²) in [5.74, 6) is 3.81. The summed E-state index contributed by atoms with van der Waals surface area (Å²) in [5.41, 5.74) is 2.98. The van der Waals surface area contributed by atoms with E-state index in [2.05, 4.69) is 196 Å². The van der Waals surface area contributed by atoms with Crippen molar-refractivity contribution in [3.8, 4) is 11.8 Å². The van der Waals surface area contributed by atoms with Crippen LogP contribution in [0.15, 0.2) is 46.2 Å². The zero-order valence-electron chi connectivity index (χ0n) is 79.4. The molecule has 42 nitrogen and oxygen atoms in total. The number of H-pyrrole nitrogens is 2. The Balaban J connectivity index is 0.000000160. The van der Waals surface area contributed by atoms with E-state index in [0.29, 0.717) is 138 Å². The number of aliphatic imine (C=N–C) groups is 1. The third-order valence-corrected chi connectivity index (χ3v) is 30.7. The van der Waals surface area contributed by atoms with Crippen molar-refractivity contribution in [1.29, 1.82) is 0 Å². The van der Waals surface area contributed by atoms with Gasteiger partial charge in [0.2, 0.25) is 23.7 Å². The van der Waals surface area contributed by atoms with Crippen LogP contribution in [0.5, 0.6) is 11.8 Å². The first-order chi connectivity index (χ1) is 62.6. The van der Waals surface area contributed by atoms with Gasteiger partial charge in [0.15, 0.2) is 88.0 Å². The van der Waals surface area contributed by atoms with Crippen LogP contribution in [0.3, 0.4) is 0 Å². The summed E-state index contributed by atoms with van der Waals surface area (Å²) in [6.45, 7) is 29.1. The van der Waals surface area contributed by atoms with Gasteiger partial charge < -0.3 is 105 Å². The van der Waals surface area contributed by atoms with Gasteiger partial charge in [0.1, 0.15) is 83.5 Å². The van der Waals surface area contributed by atoms with Gasteiger partial charge >= 0.3 is 0 Å². The van der Waals surface area contributed by atoms with Crippen LogP contribution in [0.4, 0.5) is 17.7 Å². The lowest BCUT2D eigenvalue weighted by atomic mass is 10.1. The number of methoxy groups -OCH3 is 2. The Hall–Kier alpha value is -7.33. The lowest BCUT2D eigenvalue weighted by molar-refractivity contribution is -0.0364. The molecule has 15 N–H and O–H groups in total. The number of halogens is 1. The summed E-state index contributed by atoms with van der Waals surface area (Å²) >= 11 is 6.50. The van der Waals surface area contributed by atoms with Crippen LogP contribution in [0.25, 0.3) is 44.7 Å². The number of anilines is 3. The molecule has 21 atom stereocenters. The molecule has 5 fully saturated rings. The molecule has 15 rings (SSSR count). The molecular weight excluding hydrogens is 1840 g/mol. The van der Waals surface area contributed by atoms with Crippen LogP contribution in [0.1, 0.15) is 134 Å². The minimum Gasteiger partial charge on any atom is -0.479 e. The number of fused-ring (bicyclic) bond motifs is 5. The first kappa shape index (κ1) is 106. The van der Waals surface area contributed by atoms with E-state index in [1.165, 1.54) is 35.2 Å². The predicted molar refractivity (Wildman–Crippen MR) is 533 cm³/mol. The highest BCUT2D eigenvalue weighted by molar-refractivity contribution is 7.73. The number of ether oxygens (including phenoxy) is 8. The molecule has 0 saturated carbocycles. The molecule has 0 bridgehead atoms. The maximum Gasteiger partial charge on any atom is 0.280 e. The molecule has 740 valence electrons. The summed E-state index contributed by atoms with van der Waals surface area (Å²) in [7, 11) is 3.12. The summed E-state index contributed by atoms with van der Waals surface area (Å²) < 4.78 is 54.4. The maximum atomic E-state index is 12.2. The SMILES string of the molecule is C=P(C)(C)CC[C@H]1O[C@@H](n2cnc3c(=O)[nH]c(NCC)nc32)[C@H](O)[C@@H]1O.C=P(C)(C)CC[C@H]1O[C@@H](n2cnc3c(=O)[nH]c(NCCC)nc32)[C@H](O)[C@@H]1O.C=P(C)(C)CC[C@H]1O[C@@H](n2cnc3c(OC)nc(C)nc32)[C@H](O)[C@@H]1O.C=P(C)(C)CC[C@H]1O[C@@H](n2cnc3c(OCC)nc(C)nc32)[C@H](Cl)[C@@H]1O.C=P(C)(C)CC[C@H]1O[C@@H](n2cnc3c2NC(=NCCCC)NC3OC)[C@H](O)[C@@H]1O. The van der Waals surface area contributed by atoms with Gasteiger partial charge in [-0.1, -0.05) is 20.3 Å². The van der Waals surface area contributed by atoms with E-state index in [1.54, 1.807) is 47.3 Å². The fraction of sp³-hybridized carbons (Fsp3) is 0.659. The number of alkyl halides is 1. The average molecular weight is 1980 g/mol. The highest BCUT2D eigenvalue weighted by Gasteiger charge is 2.50. The number of aliphatic hydroxyl groups is 9. The van der Waals surface area contributed by atoms with Gasteiger partial charge in [0, 0.05) is 26.7 Å². The number of aryl methyl sites for hydroxylation is 2. The summed E-state index contributed by atoms with van der Waals surface area (Å²) in [4.78, 5) is 81.6. The number of aromatic nitrogens is 18. The largest absolute Gasteiger partial charge is 0.479 e. The van der Waals surface area contributed by atoms with Crippen LogP contribution >= 0.6 is 46.0 Å². The Morgan fingerprint density at radius 3 is 1.19 bits per heavy atom. The first-order valence-corrected chi connectivity index (χ1v) is 60.4. The second-order valence-corrected chi connectivity index (χ2v) is 59.7. The van der Waals surface area contributed by atoms with E-state index in [9.17, 15) is 55.5 Å². The second-order valence-electron chi connectivity index (χ2n) is 37.7. The highest BCUT2D eigenvalue weighted by atomic mass is 35.5. The lowest BCUT2D eigenvalue weighted by Gasteiger charge is -2.28. The Morgan fingerprint density at radius 2 is 0.812 bits per heavy atom. The minimum atomic E-state index is -1.27. The second kappa shape index (κ2) is 45.1. The topological polar surface area (TPSA) is 549 Å². The van der Waals surface area contributed by atoms with E-state index < -0.39 is 157 Å². The Labute approximate surface area is 779 Å². The van der Waals surface area contributed by atoms with E-state index in [0.717, 1.165) is 56.5 Å². The predicted octanol–water partition coefficient (Wildman–Crippen LogP) is 5.71. The van der Waals surface area contributed by atoms with Gasteiger partial charge in [0.05, 0.1) is 75.9 Å². The van der Waals surface area contributed by atoms with Gasteiger partial charge in [0.25, 0.3) is 11.1 Å². The summed E-state index contributed by atoms with van der Waals surface area (Å²) in [6, 6.07) is 0. The highest BCUT2D eigenvalue weighted by Crippen LogP contribution is 2.47. The van der Waals surface area contributed by atoms with Gasteiger partial charge in [-0.3, -0.25) is 47.4 Å². The number of aromatic amines is 2. The van der Waals surface area contributed by atoms with E-state index >= 15 is 0 Å². The Bertz CT molecular complexity index is 5840. The molecule has 0 amide bonds. The third-order valence-electron chi connectivity index (χ3n) is 22.9. The third kappa shape index (κ3) is 26.4. The summed E-state index contributed by atoms with van der Waals surface area (Å²) in [5, 5.41) is 106. The van der Waals surface area contributed by atoms with Crippen molar-refractivity contribution in [2.45, 2.75) is 221 Å². The number of unbranched alkanes of at least 4 members (excludes halogenated alkanes) is 1. The van der Waals surface area contributed by atoms with Crippen molar-refractivity contribution < 1.29 is 83.9 Å². The number of nitrogens with one attached hydrogen (secondary N) is 6. The van der Waals surface area contributed by atoms with Crippen LogP contribution in [0.2, 0.25) is 0 Å². The molecule has 48 heteroatoms. The van der Waals surface area contributed by atoms with Gasteiger partial charge in [-0.15, -0.1) is 77.5 Å². The molecule has 6 aliphatic rings. The molecule has 0 aromatic carbocycles. The number of hydrogen-bond donors (Lipinski definition) is 15. The maximum absolute atomic E-state index is 12.2. The molecule has 0 radical (unpaired) electrons. The van der Waals surface area contributed by atoms with Crippen molar-refractivity contribution in [2.24, 2.45) is 4.99 Å². The molecule has 9 aromatic rings. The van der Waals surface area contributed by atoms with Crippen molar-refractivity contribution in [3.63, 3.8) is 0 Å². The monoisotopic (exact) mass is 1980 g/mol. The Kier molecular flexibility index (Phi) is 36.0. The number of rotatable bonds is 32. The van der Waals surface area contributed by atoms with E-state index in [4.69, 9.17) is 49.5 Å². The normalized spacial score (nSPS) is 27.5. The van der Waals surface area contributed by atoms with Crippen molar-refractivity contribution in [2.75, 3.05) is 154 Å². The zero-order valence-corrected chi connectivity index (χ0v) is 84.6. The minimum absolute atomic E-state index is 0.158. The van der Waals surface area contributed by atoms with Crippen LogP contribution < -0.4 is 41.9 Å². The number of imidazole rings is 5. The lowest BCUT2D eigenvalue weighted by Crippen LogP contribution is -2.41. The number of guanidine groups is 1. The average Bonchev–Trinajstić information content (AvgIpc) is 1.63. The number of aliphatic hydroxyl groups excluding tert-OH is 9. The number of hydrogen-bond acceptors (Lipinski definition) is 33. The molecule has 133 heavy (non-hydrogen) atoms.